The lowest BCUT2D eigenvalue weighted by molar-refractivity contribution is 0.0992. The molecular formula is C14H8BrCl2FO. The van der Waals surface area contributed by atoms with Gasteiger partial charge in [-0.1, -0.05) is 35.3 Å². The summed E-state index contributed by atoms with van der Waals surface area (Å²) in [6.07, 6.45) is 0.115. The molecule has 2 aromatic rings. The van der Waals surface area contributed by atoms with E-state index in [0.717, 1.165) is 0 Å². The maximum atomic E-state index is 13.0. The minimum absolute atomic E-state index is 0.115. The van der Waals surface area contributed by atoms with Crippen LogP contribution in [0.15, 0.2) is 40.9 Å². The molecule has 0 N–H and O–H groups in total. The summed E-state index contributed by atoms with van der Waals surface area (Å²) in [5, 5.41) is 0.779. The van der Waals surface area contributed by atoms with Gasteiger partial charge in [-0.15, -0.1) is 0 Å². The highest BCUT2D eigenvalue weighted by molar-refractivity contribution is 9.10. The molecule has 0 aliphatic carbocycles. The van der Waals surface area contributed by atoms with E-state index >= 15 is 0 Å². The molecule has 0 atom stereocenters. The molecular weight excluding hydrogens is 354 g/mol. The molecule has 0 bridgehead atoms. The maximum Gasteiger partial charge on any atom is 0.168 e. The van der Waals surface area contributed by atoms with Crippen LogP contribution in [0, 0.1) is 5.82 Å². The highest BCUT2D eigenvalue weighted by Crippen LogP contribution is 2.27. The van der Waals surface area contributed by atoms with Gasteiger partial charge in [-0.2, -0.15) is 0 Å². The lowest BCUT2D eigenvalue weighted by atomic mass is 10.0. The van der Waals surface area contributed by atoms with Crippen molar-refractivity contribution in [1.82, 2.24) is 0 Å². The number of ketones is 1. The van der Waals surface area contributed by atoms with Crippen LogP contribution in [0.1, 0.15) is 15.9 Å². The molecule has 0 unspecified atom stereocenters. The summed E-state index contributed by atoms with van der Waals surface area (Å²) in [6.45, 7) is 0. The number of hydrogen-bond donors (Lipinski definition) is 0. The second kappa shape index (κ2) is 6.04. The van der Waals surface area contributed by atoms with E-state index in [1.165, 1.54) is 18.2 Å². The van der Waals surface area contributed by atoms with Crippen molar-refractivity contribution < 1.29 is 9.18 Å². The second-order valence-electron chi connectivity index (χ2n) is 3.94. The van der Waals surface area contributed by atoms with E-state index in [1.807, 2.05) is 0 Å². The Morgan fingerprint density at radius 2 is 1.95 bits per heavy atom. The van der Waals surface area contributed by atoms with Crippen molar-refractivity contribution in [3.63, 3.8) is 0 Å². The van der Waals surface area contributed by atoms with Gasteiger partial charge in [0.05, 0.1) is 10.0 Å². The fourth-order valence-electron chi connectivity index (χ4n) is 1.67. The van der Waals surface area contributed by atoms with Gasteiger partial charge in [-0.3, -0.25) is 4.79 Å². The zero-order valence-corrected chi connectivity index (χ0v) is 12.7. The van der Waals surface area contributed by atoms with Crippen LogP contribution in [0.3, 0.4) is 0 Å². The number of carbonyl (C=O) groups excluding carboxylic acids is 1. The Balaban J connectivity index is 2.28. The van der Waals surface area contributed by atoms with Crippen LogP contribution in [-0.4, -0.2) is 5.78 Å². The Morgan fingerprint density at radius 3 is 2.63 bits per heavy atom. The average Bonchev–Trinajstić information content (AvgIpc) is 2.34. The molecule has 0 radical (unpaired) electrons. The SMILES string of the molecule is O=C(Cc1cccc(Cl)c1Cl)c1ccc(F)cc1Br. The van der Waals surface area contributed by atoms with Gasteiger partial charge >= 0.3 is 0 Å². The summed E-state index contributed by atoms with van der Waals surface area (Å²) in [7, 11) is 0. The normalized spacial score (nSPS) is 10.5. The Labute approximate surface area is 128 Å². The molecule has 0 fully saturated rings. The summed E-state index contributed by atoms with van der Waals surface area (Å²) < 4.78 is 13.4. The topological polar surface area (TPSA) is 17.1 Å². The van der Waals surface area contributed by atoms with Crippen molar-refractivity contribution in [2.75, 3.05) is 0 Å². The van der Waals surface area contributed by atoms with Crippen LogP contribution in [0.4, 0.5) is 4.39 Å². The van der Waals surface area contributed by atoms with E-state index in [9.17, 15) is 9.18 Å². The quantitative estimate of drug-likeness (QED) is 0.676. The van der Waals surface area contributed by atoms with Gasteiger partial charge in [0.2, 0.25) is 0 Å². The van der Waals surface area contributed by atoms with Gasteiger partial charge in [0.15, 0.2) is 5.78 Å². The molecule has 2 aromatic carbocycles. The molecule has 0 aliphatic heterocycles. The molecule has 0 amide bonds. The molecule has 0 saturated carbocycles. The Hall–Kier alpha value is -0.900. The van der Waals surface area contributed by atoms with Gasteiger partial charge in [-0.05, 0) is 45.8 Å². The lowest BCUT2D eigenvalue weighted by Gasteiger charge is -2.07. The predicted molar refractivity (Wildman–Crippen MR) is 78.6 cm³/mol. The maximum absolute atomic E-state index is 13.0. The number of Topliss-reactive ketones (excluding diaryl/α,β-unsaturated/α-hetero) is 1. The molecule has 0 aliphatic rings. The van der Waals surface area contributed by atoms with Crippen LogP contribution in [0.5, 0.6) is 0 Å². The first-order chi connectivity index (χ1) is 8.99. The van der Waals surface area contributed by atoms with Crippen LogP contribution in [-0.2, 0) is 6.42 Å². The third-order valence-corrected chi connectivity index (χ3v) is 4.13. The van der Waals surface area contributed by atoms with Gasteiger partial charge in [0, 0.05) is 16.5 Å². The largest absolute Gasteiger partial charge is 0.294 e. The highest BCUT2D eigenvalue weighted by Gasteiger charge is 2.14. The van der Waals surface area contributed by atoms with E-state index < -0.39 is 5.82 Å². The second-order valence-corrected chi connectivity index (χ2v) is 5.58. The minimum Gasteiger partial charge on any atom is -0.294 e. The van der Waals surface area contributed by atoms with Crippen molar-refractivity contribution in [2.24, 2.45) is 0 Å². The molecule has 5 heteroatoms. The first-order valence-corrected chi connectivity index (χ1v) is 6.95. The monoisotopic (exact) mass is 360 g/mol. The van der Waals surface area contributed by atoms with Gasteiger partial charge < -0.3 is 0 Å². The number of carbonyl (C=O) groups is 1. The Bertz CT molecular complexity index is 643. The molecule has 1 nitrogen and oxygen atoms in total. The molecule has 0 saturated heterocycles. The zero-order chi connectivity index (χ0) is 14.0. The number of benzene rings is 2. The summed E-state index contributed by atoms with van der Waals surface area (Å²) in [5.41, 5.74) is 1.06. The van der Waals surface area contributed by atoms with Crippen LogP contribution in [0.25, 0.3) is 0 Å². The summed E-state index contributed by atoms with van der Waals surface area (Å²) in [4.78, 5) is 12.2. The number of hydrogen-bond acceptors (Lipinski definition) is 1. The number of halogens is 4. The molecule has 0 aromatic heterocycles. The smallest absolute Gasteiger partial charge is 0.168 e. The predicted octanol–water partition coefficient (Wildman–Crippen LogP) is 5.32. The van der Waals surface area contributed by atoms with Gasteiger partial charge in [-0.25, -0.2) is 4.39 Å². The average molecular weight is 362 g/mol. The van der Waals surface area contributed by atoms with Crippen molar-refractivity contribution in [3.05, 3.63) is 67.9 Å². The third kappa shape index (κ3) is 3.35. The third-order valence-electron chi connectivity index (χ3n) is 2.61. The molecule has 19 heavy (non-hydrogen) atoms. The van der Waals surface area contributed by atoms with E-state index in [4.69, 9.17) is 23.2 Å². The van der Waals surface area contributed by atoms with Crippen LogP contribution in [0.2, 0.25) is 10.0 Å². The minimum atomic E-state index is -0.399. The van der Waals surface area contributed by atoms with Crippen LogP contribution < -0.4 is 0 Å². The lowest BCUT2D eigenvalue weighted by Crippen LogP contribution is -2.05. The Kier molecular flexibility index (Phi) is 4.61. The van der Waals surface area contributed by atoms with Crippen molar-refractivity contribution in [3.8, 4) is 0 Å². The van der Waals surface area contributed by atoms with Gasteiger partial charge in [0.1, 0.15) is 5.82 Å². The summed E-state index contributed by atoms with van der Waals surface area (Å²) >= 11 is 15.1. The first-order valence-electron chi connectivity index (χ1n) is 5.40. The fourth-order valence-corrected chi connectivity index (χ4v) is 2.63. The first kappa shape index (κ1) is 14.5. The number of rotatable bonds is 3. The van der Waals surface area contributed by atoms with Crippen molar-refractivity contribution in [1.29, 1.82) is 0 Å². The van der Waals surface area contributed by atoms with E-state index in [2.05, 4.69) is 15.9 Å². The summed E-state index contributed by atoms with van der Waals surface area (Å²) in [6, 6.07) is 9.08. The molecule has 0 spiro atoms. The standard InChI is InChI=1S/C14H8BrCl2FO/c15-11-7-9(18)4-5-10(11)13(19)6-8-2-1-3-12(16)14(8)17/h1-5,7H,6H2. The zero-order valence-electron chi connectivity index (χ0n) is 9.59. The fraction of sp³-hybridized carbons (Fsp3) is 0.0714. The molecule has 0 heterocycles. The molecule has 2 rings (SSSR count). The summed E-state index contributed by atoms with van der Waals surface area (Å²) in [5.74, 6) is -0.555. The van der Waals surface area contributed by atoms with E-state index in [0.29, 0.717) is 25.6 Å². The molecule has 98 valence electrons. The highest BCUT2D eigenvalue weighted by atomic mass is 79.9. The van der Waals surface area contributed by atoms with Crippen LogP contribution >= 0.6 is 39.1 Å². The Morgan fingerprint density at radius 1 is 1.21 bits per heavy atom. The van der Waals surface area contributed by atoms with Crippen molar-refractivity contribution in [2.45, 2.75) is 6.42 Å². The van der Waals surface area contributed by atoms with E-state index in [-0.39, 0.29) is 12.2 Å². The van der Waals surface area contributed by atoms with Crippen molar-refractivity contribution >= 4 is 44.9 Å². The van der Waals surface area contributed by atoms with E-state index in [1.54, 1.807) is 18.2 Å². The van der Waals surface area contributed by atoms with Gasteiger partial charge in [0.25, 0.3) is 0 Å².